The minimum atomic E-state index is -0.775. The van der Waals surface area contributed by atoms with Crippen molar-refractivity contribution in [2.45, 2.75) is 6.10 Å². The van der Waals surface area contributed by atoms with Crippen molar-refractivity contribution >= 4 is 11.8 Å². The quantitative estimate of drug-likeness (QED) is 0.599. The monoisotopic (exact) mass is 212 g/mol. The molecule has 0 saturated heterocycles. The number of rotatable bonds is 5. The summed E-state index contributed by atoms with van der Waals surface area (Å²) < 4.78 is 0. The predicted molar refractivity (Wildman–Crippen MR) is 57.9 cm³/mol. The van der Waals surface area contributed by atoms with Crippen molar-refractivity contribution < 1.29 is 10.2 Å². The van der Waals surface area contributed by atoms with Crippen LogP contribution >= 0.6 is 0 Å². The van der Waals surface area contributed by atoms with E-state index in [2.05, 4.69) is 15.3 Å². The first-order chi connectivity index (χ1) is 7.13. The van der Waals surface area contributed by atoms with E-state index >= 15 is 0 Å². The maximum atomic E-state index is 9.13. The molecule has 0 spiro atoms. The standard InChI is InChI=1S/C9H16N4O2/c1-13(2)9-10-4-3-8(12-9)11-5-7(15)6-14/h3-4,7,14-15H,5-6H2,1-2H3,(H,10,11,12). The summed E-state index contributed by atoms with van der Waals surface area (Å²) in [6.45, 7) is -0.000989. The second kappa shape index (κ2) is 5.47. The molecule has 0 aromatic carbocycles. The Labute approximate surface area is 88.6 Å². The van der Waals surface area contributed by atoms with Crippen molar-refractivity contribution in [3.8, 4) is 0 Å². The van der Waals surface area contributed by atoms with Gasteiger partial charge in [-0.1, -0.05) is 0 Å². The van der Waals surface area contributed by atoms with Crippen LogP contribution in [0.2, 0.25) is 0 Å². The Hall–Kier alpha value is -1.40. The van der Waals surface area contributed by atoms with Crippen molar-refractivity contribution in [3.63, 3.8) is 0 Å². The van der Waals surface area contributed by atoms with Crippen molar-refractivity contribution in [2.24, 2.45) is 0 Å². The molecule has 0 radical (unpaired) electrons. The molecule has 1 rings (SSSR count). The van der Waals surface area contributed by atoms with Crippen LogP contribution in [-0.4, -0.2) is 53.5 Å². The van der Waals surface area contributed by atoms with Crippen LogP contribution in [0.5, 0.6) is 0 Å². The second-order valence-corrected chi connectivity index (χ2v) is 3.35. The molecule has 6 heteroatoms. The molecule has 0 amide bonds. The number of hydrogen-bond donors (Lipinski definition) is 3. The van der Waals surface area contributed by atoms with E-state index in [1.807, 2.05) is 14.1 Å². The average molecular weight is 212 g/mol. The fourth-order valence-corrected chi connectivity index (χ4v) is 0.949. The molecule has 3 N–H and O–H groups in total. The van der Waals surface area contributed by atoms with Crippen LogP contribution in [0.15, 0.2) is 12.3 Å². The van der Waals surface area contributed by atoms with E-state index in [9.17, 15) is 0 Å². The summed E-state index contributed by atoms with van der Waals surface area (Å²) in [6, 6.07) is 1.71. The van der Waals surface area contributed by atoms with Gasteiger partial charge in [-0.05, 0) is 6.07 Å². The number of nitrogens with zero attached hydrogens (tertiary/aromatic N) is 3. The maximum absolute atomic E-state index is 9.13. The van der Waals surface area contributed by atoms with Crippen LogP contribution in [0.3, 0.4) is 0 Å². The van der Waals surface area contributed by atoms with E-state index in [-0.39, 0.29) is 13.2 Å². The molecule has 1 aromatic rings. The van der Waals surface area contributed by atoms with Gasteiger partial charge in [0.1, 0.15) is 5.82 Å². The largest absolute Gasteiger partial charge is 0.394 e. The molecule has 0 aliphatic rings. The van der Waals surface area contributed by atoms with Crippen LogP contribution in [0.25, 0.3) is 0 Å². The van der Waals surface area contributed by atoms with Gasteiger partial charge in [0.15, 0.2) is 0 Å². The Kier molecular flexibility index (Phi) is 4.26. The SMILES string of the molecule is CN(C)c1nccc(NCC(O)CO)n1. The Morgan fingerprint density at radius 2 is 2.27 bits per heavy atom. The van der Waals surface area contributed by atoms with Gasteiger partial charge in [-0.3, -0.25) is 0 Å². The molecule has 0 aliphatic heterocycles. The number of aliphatic hydroxyl groups excluding tert-OH is 2. The minimum absolute atomic E-state index is 0.264. The lowest BCUT2D eigenvalue weighted by Crippen LogP contribution is -2.23. The number of nitrogens with one attached hydrogen (secondary N) is 1. The average Bonchev–Trinajstić information content (AvgIpc) is 2.26. The van der Waals surface area contributed by atoms with Crippen molar-refractivity contribution in [1.82, 2.24) is 9.97 Å². The highest BCUT2D eigenvalue weighted by Gasteiger charge is 2.03. The van der Waals surface area contributed by atoms with Gasteiger partial charge in [0.25, 0.3) is 0 Å². The van der Waals surface area contributed by atoms with Crippen LogP contribution in [-0.2, 0) is 0 Å². The van der Waals surface area contributed by atoms with E-state index in [1.165, 1.54) is 0 Å². The highest BCUT2D eigenvalue weighted by molar-refractivity contribution is 5.40. The summed E-state index contributed by atoms with van der Waals surface area (Å²) in [6.07, 6.45) is 0.860. The van der Waals surface area contributed by atoms with Gasteiger partial charge in [0.05, 0.1) is 12.7 Å². The van der Waals surface area contributed by atoms with Crippen molar-refractivity contribution in [2.75, 3.05) is 37.5 Å². The van der Waals surface area contributed by atoms with Gasteiger partial charge >= 0.3 is 0 Å². The molecule has 0 aliphatic carbocycles. The fraction of sp³-hybridized carbons (Fsp3) is 0.556. The summed E-state index contributed by atoms with van der Waals surface area (Å²) in [7, 11) is 3.70. The van der Waals surface area contributed by atoms with Gasteiger partial charge in [-0.15, -0.1) is 0 Å². The lowest BCUT2D eigenvalue weighted by Gasteiger charge is -2.13. The zero-order valence-electron chi connectivity index (χ0n) is 8.88. The molecule has 1 heterocycles. The fourth-order valence-electron chi connectivity index (χ4n) is 0.949. The molecular formula is C9H16N4O2. The van der Waals surface area contributed by atoms with Gasteiger partial charge in [-0.2, -0.15) is 4.98 Å². The number of aromatic nitrogens is 2. The highest BCUT2D eigenvalue weighted by Crippen LogP contribution is 2.07. The number of anilines is 2. The first-order valence-corrected chi connectivity index (χ1v) is 4.66. The Morgan fingerprint density at radius 1 is 1.53 bits per heavy atom. The molecule has 0 saturated carbocycles. The summed E-state index contributed by atoms with van der Waals surface area (Å²) in [5.74, 6) is 1.22. The molecule has 15 heavy (non-hydrogen) atoms. The lowest BCUT2D eigenvalue weighted by molar-refractivity contribution is 0.105. The summed E-state index contributed by atoms with van der Waals surface area (Å²) in [4.78, 5) is 10.0. The Morgan fingerprint density at radius 3 is 2.87 bits per heavy atom. The van der Waals surface area contributed by atoms with Gasteiger partial charge in [-0.25, -0.2) is 4.98 Å². The summed E-state index contributed by atoms with van der Waals surface area (Å²) in [5.41, 5.74) is 0. The van der Waals surface area contributed by atoms with E-state index < -0.39 is 6.10 Å². The zero-order chi connectivity index (χ0) is 11.3. The normalized spacial score (nSPS) is 12.3. The van der Waals surface area contributed by atoms with Gasteiger partial charge in [0, 0.05) is 26.8 Å². The Bertz CT molecular complexity index is 306. The third-order valence-corrected chi connectivity index (χ3v) is 1.77. The highest BCUT2D eigenvalue weighted by atomic mass is 16.3. The Balaban J connectivity index is 2.58. The molecule has 1 aromatic heterocycles. The molecule has 0 fully saturated rings. The molecule has 84 valence electrons. The number of hydrogen-bond acceptors (Lipinski definition) is 6. The van der Waals surface area contributed by atoms with E-state index in [0.717, 1.165) is 0 Å². The van der Waals surface area contributed by atoms with Crippen molar-refractivity contribution in [1.29, 1.82) is 0 Å². The van der Waals surface area contributed by atoms with Crippen LogP contribution in [0, 0.1) is 0 Å². The molecule has 6 nitrogen and oxygen atoms in total. The first-order valence-electron chi connectivity index (χ1n) is 4.66. The van der Waals surface area contributed by atoms with Gasteiger partial charge < -0.3 is 20.4 Å². The summed E-state index contributed by atoms with van der Waals surface area (Å²) in [5, 5.41) is 20.7. The minimum Gasteiger partial charge on any atom is -0.394 e. The molecule has 1 unspecified atom stereocenters. The summed E-state index contributed by atoms with van der Waals surface area (Å²) >= 11 is 0. The van der Waals surface area contributed by atoms with Crippen LogP contribution in [0.1, 0.15) is 0 Å². The van der Waals surface area contributed by atoms with Gasteiger partial charge in [0.2, 0.25) is 5.95 Å². The van der Waals surface area contributed by atoms with E-state index in [0.29, 0.717) is 11.8 Å². The third kappa shape index (κ3) is 3.69. The molecular weight excluding hydrogens is 196 g/mol. The predicted octanol–water partition coefficient (Wildman–Crippen LogP) is -0.692. The van der Waals surface area contributed by atoms with E-state index in [4.69, 9.17) is 10.2 Å². The van der Waals surface area contributed by atoms with Crippen LogP contribution < -0.4 is 10.2 Å². The smallest absolute Gasteiger partial charge is 0.226 e. The number of aliphatic hydroxyl groups is 2. The van der Waals surface area contributed by atoms with Crippen LogP contribution in [0.4, 0.5) is 11.8 Å². The maximum Gasteiger partial charge on any atom is 0.226 e. The topological polar surface area (TPSA) is 81.5 Å². The van der Waals surface area contributed by atoms with E-state index in [1.54, 1.807) is 17.2 Å². The third-order valence-electron chi connectivity index (χ3n) is 1.77. The molecule has 0 bridgehead atoms. The lowest BCUT2D eigenvalue weighted by atomic mass is 10.4. The molecule has 1 atom stereocenters. The first kappa shape index (κ1) is 11.7. The second-order valence-electron chi connectivity index (χ2n) is 3.35. The zero-order valence-corrected chi connectivity index (χ0v) is 8.88. The van der Waals surface area contributed by atoms with Crippen molar-refractivity contribution in [3.05, 3.63) is 12.3 Å².